The van der Waals surface area contributed by atoms with Gasteiger partial charge in [-0.3, -0.25) is 0 Å². The molecule has 2 nitrogen and oxygen atoms in total. The van der Waals surface area contributed by atoms with Gasteiger partial charge in [0.15, 0.2) is 0 Å². The zero-order valence-corrected chi connectivity index (χ0v) is 15.0. The van der Waals surface area contributed by atoms with E-state index in [0.29, 0.717) is 0 Å². The van der Waals surface area contributed by atoms with E-state index in [1.54, 1.807) is 0 Å². The molecule has 2 aromatic carbocycles. The summed E-state index contributed by atoms with van der Waals surface area (Å²) in [6.45, 7) is 4.16. The molecule has 1 aliphatic rings. The van der Waals surface area contributed by atoms with Crippen LogP contribution < -0.4 is 4.74 Å². The Morgan fingerprint density at radius 2 is 1.71 bits per heavy atom. The van der Waals surface area contributed by atoms with Gasteiger partial charge < -0.3 is 9.84 Å². The standard InChI is InChI=1S/C17H16Br2O2/c1-17(2)9-12-5-10(3-4-15(12)21-17)16(20)11-6-13(18)8-14(19)7-11/h3-8,16,20H,9H2,1-2H3. The summed E-state index contributed by atoms with van der Waals surface area (Å²) in [6.07, 6.45) is 0.221. The molecule has 0 radical (unpaired) electrons. The van der Waals surface area contributed by atoms with Crippen molar-refractivity contribution >= 4 is 31.9 Å². The van der Waals surface area contributed by atoms with Crippen molar-refractivity contribution in [1.29, 1.82) is 0 Å². The highest BCUT2D eigenvalue weighted by atomic mass is 79.9. The Balaban J connectivity index is 1.95. The molecule has 1 atom stereocenters. The molecule has 0 amide bonds. The van der Waals surface area contributed by atoms with E-state index in [1.165, 1.54) is 0 Å². The summed E-state index contributed by atoms with van der Waals surface area (Å²) in [5.41, 5.74) is 2.74. The molecule has 0 bridgehead atoms. The van der Waals surface area contributed by atoms with Gasteiger partial charge in [-0.15, -0.1) is 0 Å². The van der Waals surface area contributed by atoms with E-state index < -0.39 is 6.10 Å². The lowest BCUT2D eigenvalue weighted by atomic mass is 9.96. The molecule has 0 aromatic heterocycles. The van der Waals surface area contributed by atoms with Gasteiger partial charge in [-0.2, -0.15) is 0 Å². The summed E-state index contributed by atoms with van der Waals surface area (Å²) in [7, 11) is 0. The van der Waals surface area contributed by atoms with Crippen LogP contribution in [-0.2, 0) is 6.42 Å². The van der Waals surface area contributed by atoms with E-state index in [-0.39, 0.29) is 5.60 Å². The van der Waals surface area contributed by atoms with Crippen molar-refractivity contribution in [3.05, 3.63) is 62.0 Å². The second-order valence-corrected chi connectivity index (χ2v) is 7.84. The van der Waals surface area contributed by atoms with Gasteiger partial charge >= 0.3 is 0 Å². The number of ether oxygens (including phenoxy) is 1. The molecule has 21 heavy (non-hydrogen) atoms. The fourth-order valence-corrected chi connectivity index (χ4v) is 4.05. The average Bonchev–Trinajstić information content (AvgIpc) is 2.69. The first-order valence-electron chi connectivity index (χ1n) is 6.80. The molecule has 2 aromatic rings. The van der Waals surface area contributed by atoms with Crippen molar-refractivity contribution in [2.45, 2.75) is 32.0 Å². The van der Waals surface area contributed by atoms with Crippen LogP contribution >= 0.6 is 31.9 Å². The van der Waals surface area contributed by atoms with Crippen LogP contribution in [0.3, 0.4) is 0 Å². The van der Waals surface area contributed by atoms with Crippen LogP contribution in [0.4, 0.5) is 0 Å². The maximum absolute atomic E-state index is 10.6. The summed E-state index contributed by atoms with van der Waals surface area (Å²) in [6, 6.07) is 11.8. The van der Waals surface area contributed by atoms with Gasteiger partial charge in [0.1, 0.15) is 17.5 Å². The van der Waals surface area contributed by atoms with E-state index >= 15 is 0 Å². The lowest BCUT2D eigenvalue weighted by molar-refractivity contribution is 0.138. The van der Waals surface area contributed by atoms with E-state index in [0.717, 1.165) is 37.8 Å². The number of aliphatic hydroxyl groups is 1. The Morgan fingerprint density at radius 3 is 2.38 bits per heavy atom. The third-order valence-electron chi connectivity index (χ3n) is 3.60. The molecule has 1 unspecified atom stereocenters. The maximum Gasteiger partial charge on any atom is 0.123 e. The van der Waals surface area contributed by atoms with Crippen LogP contribution in [0, 0.1) is 0 Å². The van der Waals surface area contributed by atoms with Crippen LogP contribution in [0.5, 0.6) is 5.75 Å². The molecule has 1 N–H and O–H groups in total. The molecule has 110 valence electrons. The minimum Gasteiger partial charge on any atom is -0.487 e. The highest BCUT2D eigenvalue weighted by Gasteiger charge is 2.30. The monoisotopic (exact) mass is 410 g/mol. The van der Waals surface area contributed by atoms with Crippen molar-refractivity contribution < 1.29 is 9.84 Å². The molecular weight excluding hydrogens is 396 g/mol. The van der Waals surface area contributed by atoms with Crippen LogP contribution in [0.25, 0.3) is 0 Å². The van der Waals surface area contributed by atoms with Gasteiger partial charge in [0.05, 0.1) is 0 Å². The van der Waals surface area contributed by atoms with E-state index in [2.05, 4.69) is 45.7 Å². The molecule has 0 saturated heterocycles. The second-order valence-electron chi connectivity index (χ2n) is 6.01. The van der Waals surface area contributed by atoms with Crippen LogP contribution in [0.1, 0.15) is 36.6 Å². The van der Waals surface area contributed by atoms with Crippen molar-refractivity contribution in [2.75, 3.05) is 0 Å². The van der Waals surface area contributed by atoms with Crippen molar-refractivity contribution in [3.8, 4) is 5.75 Å². The molecule has 0 spiro atoms. The smallest absolute Gasteiger partial charge is 0.123 e. The van der Waals surface area contributed by atoms with Gasteiger partial charge in [0.25, 0.3) is 0 Å². The lowest BCUT2D eigenvalue weighted by Gasteiger charge is -2.16. The van der Waals surface area contributed by atoms with Crippen molar-refractivity contribution in [3.63, 3.8) is 0 Å². The summed E-state index contributed by atoms with van der Waals surface area (Å²) in [5.74, 6) is 0.923. The normalized spacial score (nSPS) is 17.2. The topological polar surface area (TPSA) is 29.5 Å². The Hall–Kier alpha value is -0.840. The zero-order valence-electron chi connectivity index (χ0n) is 11.9. The van der Waals surface area contributed by atoms with Crippen LogP contribution in [0.15, 0.2) is 45.3 Å². The zero-order chi connectivity index (χ0) is 15.2. The fourth-order valence-electron chi connectivity index (χ4n) is 2.73. The molecule has 3 rings (SSSR count). The van der Waals surface area contributed by atoms with Crippen molar-refractivity contribution in [2.24, 2.45) is 0 Å². The second kappa shape index (κ2) is 5.41. The minimum absolute atomic E-state index is 0.162. The Morgan fingerprint density at radius 1 is 1.05 bits per heavy atom. The molecule has 1 aliphatic heterocycles. The average molecular weight is 412 g/mol. The molecule has 1 heterocycles. The largest absolute Gasteiger partial charge is 0.487 e. The molecule has 0 aliphatic carbocycles. The van der Waals surface area contributed by atoms with Gasteiger partial charge in [-0.1, -0.05) is 37.9 Å². The maximum atomic E-state index is 10.6. The molecule has 0 saturated carbocycles. The first kappa shape index (κ1) is 15.1. The van der Waals surface area contributed by atoms with Crippen LogP contribution in [-0.4, -0.2) is 10.7 Å². The highest BCUT2D eigenvalue weighted by Crippen LogP contribution is 2.37. The summed E-state index contributed by atoms with van der Waals surface area (Å²) < 4.78 is 7.76. The quantitative estimate of drug-likeness (QED) is 0.752. The van der Waals surface area contributed by atoms with E-state index in [4.69, 9.17) is 4.74 Å². The van der Waals surface area contributed by atoms with Gasteiger partial charge in [-0.25, -0.2) is 0 Å². The van der Waals surface area contributed by atoms with Gasteiger partial charge in [-0.05, 0) is 60.9 Å². The number of halogens is 2. The first-order chi connectivity index (χ1) is 9.84. The minimum atomic E-state index is -0.646. The number of aliphatic hydroxyl groups excluding tert-OH is 1. The van der Waals surface area contributed by atoms with Gasteiger partial charge in [0.2, 0.25) is 0 Å². The molecule has 0 fully saturated rings. The summed E-state index contributed by atoms with van der Waals surface area (Å²) >= 11 is 6.91. The van der Waals surface area contributed by atoms with Gasteiger partial charge in [0, 0.05) is 15.4 Å². The number of benzene rings is 2. The fraction of sp³-hybridized carbons (Fsp3) is 0.294. The third kappa shape index (κ3) is 3.17. The van der Waals surface area contributed by atoms with E-state index in [1.807, 2.05) is 36.4 Å². The molecular formula is C17H16Br2O2. The SMILES string of the molecule is CC1(C)Cc2cc(C(O)c3cc(Br)cc(Br)c3)ccc2O1. The summed E-state index contributed by atoms with van der Waals surface area (Å²) in [5, 5.41) is 10.6. The third-order valence-corrected chi connectivity index (χ3v) is 4.52. The van der Waals surface area contributed by atoms with Crippen LogP contribution in [0.2, 0.25) is 0 Å². The summed E-state index contributed by atoms with van der Waals surface area (Å²) in [4.78, 5) is 0. The first-order valence-corrected chi connectivity index (χ1v) is 8.38. The number of hydrogen-bond acceptors (Lipinski definition) is 2. The number of fused-ring (bicyclic) bond motifs is 1. The Bertz CT molecular complexity index is 675. The lowest BCUT2D eigenvalue weighted by Crippen LogP contribution is -2.24. The highest BCUT2D eigenvalue weighted by molar-refractivity contribution is 9.11. The Labute approximate surface area is 141 Å². The number of rotatable bonds is 2. The van der Waals surface area contributed by atoms with Crippen molar-refractivity contribution in [1.82, 2.24) is 0 Å². The Kier molecular flexibility index (Phi) is 3.89. The predicted octanol–water partition coefficient (Wildman–Crippen LogP) is 5.01. The predicted molar refractivity (Wildman–Crippen MR) is 90.8 cm³/mol. The number of hydrogen-bond donors (Lipinski definition) is 1. The molecule has 4 heteroatoms. The van der Waals surface area contributed by atoms with E-state index in [9.17, 15) is 5.11 Å².